The highest BCUT2D eigenvalue weighted by molar-refractivity contribution is 6.35. The van der Waals surface area contributed by atoms with Crippen molar-refractivity contribution in [1.82, 2.24) is 10.3 Å². The first-order valence-corrected chi connectivity index (χ1v) is 8.05. The van der Waals surface area contributed by atoms with Gasteiger partial charge in [-0.15, -0.1) is 0 Å². The predicted octanol–water partition coefficient (Wildman–Crippen LogP) is 4.06. The lowest BCUT2D eigenvalue weighted by atomic mass is 10.0. The number of alkyl carbamates (subject to hydrolysis) is 1. The van der Waals surface area contributed by atoms with Crippen LogP contribution in [-0.2, 0) is 4.74 Å². The summed E-state index contributed by atoms with van der Waals surface area (Å²) in [5, 5.41) is 3.21. The number of nitrogens with zero attached hydrogens (tertiary/aromatic N) is 1. The van der Waals surface area contributed by atoms with Crippen LogP contribution in [0.15, 0.2) is 27.4 Å². The van der Waals surface area contributed by atoms with Crippen molar-refractivity contribution in [3.63, 3.8) is 0 Å². The topological polar surface area (TPSA) is 81.4 Å². The van der Waals surface area contributed by atoms with E-state index in [0.29, 0.717) is 5.52 Å². The van der Waals surface area contributed by atoms with Gasteiger partial charge in [0, 0.05) is 0 Å². The lowest BCUT2D eigenvalue weighted by Gasteiger charge is -2.24. The molecule has 1 aromatic heterocycles. The zero-order valence-electron chi connectivity index (χ0n) is 14.3. The smallest absolute Gasteiger partial charge is 0.408 e. The van der Waals surface area contributed by atoms with Crippen molar-refractivity contribution >= 4 is 28.6 Å². The average Bonchev–Trinajstić information content (AvgIpc) is 2.42. The number of aromatic nitrogens is 1. The summed E-state index contributed by atoms with van der Waals surface area (Å²) in [5.74, 6) is 0.0560. The first-order valence-electron chi connectivity index (χ1n) is 7.67. The molecular weight excluding hydrogens is 332 g/mol. The zero-order valence-corrected chi connectivity index (χ0v) is 15.1. The molecule has 0 unspecified atom stereocenters. The lowest BCUT2D eigenvalue weighted by Crippen LogP contribution is -2.37. The molecule has 0 saturated heterocycles. The zero-order chi connectivity index (χ0) is 18.1. The fourth-order valence-corrected chi connectivity index (χ4v) is 2.42. The molecule has 0 saturated carbocycles. The van der Waals surface area contributed by atoms with Gasteiger partial charge in [-0.3, -0.25) is 0 Å². The Morgan fingerprint density at radius 3 is 2.58 bits per heavy atom. The van der Waals surface area contributed by atoms with Crippen LogP contribution >= 0.6 is 11.6 Å². The molecule has 2 aromatic rings. The van der Waals surface area contributed by atoms with Gasteiger partial charge in [-0.1, -0.05) is 31.5 Å². The Kier molecular flexibility index (Phi) is 5.18. The van der Waals surface area contributed by atoms with E-state index < -0.39 is 23.4 Å². The highest BCUT2D eigenvalue weighted by atomic mass is 35.5. The van der Waals surface area contributed by atoms with Crippen molar-refractivity contribution in [3.8, 4) is 0 Å². The maximum atomic E-state index is 12.2. The van der Waals surface area contributed by atoms with Gasteiger partial charge in [-0.2, -0.15) is 0 Å². The first-order chi connectivity index (χ1) is 11.1. The minimum Gasteiger partial charge on any atom is -0.444 e. The number of amides is 1. The highest BCUT2D eigenvalue weighted by Crippen LogP contribution is 2.24. The molecule has 1 amide bonds. The van der Waals surface area contributed by atoms with Gasteiger partial charge in [0.05, 0.1) is 10.5 Å². The number of rotatable bonds is 3. The molecule has 0 spiro atoms. The second kappa shape index (κ2) is 6.81. The first kappa shape index (κ1) is 18.3. The third-order valence-electron chi connectivity index (χ3n) is 3.23. The number of carbonyl (C=O) groups excluding carboxylic acids is 1. The fourth-order valence-electron chi connectivity index (χ4n) is 2.18. The Morgan fingerprint density at radius 2 is 2.00 bits per heavy atom. The van der Waals surface area contributed by atoms with Crippen molar-refractivity contribution in [2.75, 3.05) is 0 Å². The van der Waals surface area contributed by atoms with Gasteiger partial charge >= 0.3 is 11.7 Å². The fraction of sp³-hybridized carbons (Fsp3) is 0.471. The maximum Gasteiger partial charge on any atom is 0.408 e. The highest BCUT2D eigenvalue weighted by Gasteiger charge is 2.26. The lowest BCUT2D eigenvalue weighted by molar-refractivity contribution is 0.0477. The van der Waals surface area contributed by atoms with Gasteiger partial charge < -0.3 is 14.5 Å². The molecule has 6 nitrogen and oxygen atoms in total. The van der Waals surface area contributed by atoms with Crippen molar-refractivity contribution in [2.24, 2.45) is 5.92 Å². The van der Waals surface area contributed by atoms with E-state index in [9.17, 15) is 9.59 Å². The second-order valence-corrected chi connectivity index (χ2v) is 7.25. The van der Waals surface area contributed by atoms with Gasteiger partial charge in [0.25, 0.3) is 0 Å². The van der Waals surface area contributed by atoms with Crippen LogP contribution < -0.4 is 10.9 Å². The molecule has 0 bridgehead atoms. The minimum atomic E-state index is -0.628. The number of benzene rings is 1. The molecule has 0 radical (unpaired) electrons. The molecule has 7 heteroatoms. The summed E-state index contributed by atoms with van der Waals surface area (Å²) in [6.07, 6.45) is -0.600. The van der Waals surface area contributed by atoms with E-state index in [4.69, 9.17) is 20.8 Å². The van der Waals surface area contributed by atoms with Crippen molar-refractivity contribution in [1.29, 1.82) is 0 Å². The van der Waals surface area contributed by atoms with Crippen LogP contribution in [0.1, 0.15) is 46.6 Å². The van der Waals surface area contributed by atoms with Crippen LogP contribution in [0.4, 0.5) is 4.79 Å². The Morgan fingerprint density at radius 1 is 1.33 bits per heavy atom. The standard InChI is InChI=1S/C17H21ClN2O4/c1-9(2)13(20-16(22)24-17(3,4)5)14-19-11-8-6-7-10(18)12(11)15(21)23-14/h6-9,13H,1-5H3,(H,20,22)/t13-/m0/s1. The van der Waals surface area contributed by atoms with Gasteiger partial charge in [0.15, 0.2) is 0 Å². The molecule has 130 valence electrons. The summed E-state index contributed by atoms with van der Waals surface area (Å²) in [6, 6.07) is 4.37. The van der Waals surface area contributed by atoms with Crippen LogP contribution in [0, 0.1) is 5.92 Å². The normalized spacial score (nSPS) is 13.1. The number of ether oxygens (including phenoxy) is 1. The predicted molar refractivity (Wildman–Crippen MR) is 92.2 cm³/mol. The minimum absolute atomic E-state index is 0.0650. The SMILES string of the molecule is CC(C)[C@H](NC(=O)OC(C)(C)C)c1nc2cccc(Cl)c2c(=O)o1. The average molecular weight is 353 g/mol. The van der Waals surface area contributed by atoms with E-state index in [1.807, 2.05) is 13.8 Å². The summed E-state index contributed by atoms with van der Waals surface area (Å²) in [7, 11) is 0. The van der Waals surface area contributed by atoms with Crippen molar-refractivity contribution < 1.29 is 13.9 Å². The van der Waals surface area contributed by atoms with Crippen LogP contribution in [0.25, 0.3) is 10.9 Å². The van der Waals surface area contributed by atoms with Gasteiger partial charge in [0.2, 0.25) is 5.89 Å². The quantitative estimate of drug-likeness (QED) is 0.900. The Bertz CT molecular complexity index is 808. The molecule has 2 rings (SSSR count). The van der Waals surface area contributed by atoms with E-state index in [1.54, 1.807) is 39.0 Å². The summed E-state index contributed by atoms with van der Waals surface area (Å²) in [4.78, 5) is 28.6. The number of nitrogens with one attached hydrogen (secondary N) is 1. The number of carbonyl (C=O) groups is 1. The second-order valence-electron chi connectivity index (χ2n) is 6.84. The molecule has 0 fully saturated rings. The van der Waals surface area contributed by atoms with Crippen LogP contribution in [-0.4, -0.2) is 16.7 Å². The monoisotopic (exact) mass is 352 g/mol. The number of fused-ring (bicyclic) bond motifs is 1. The Balaban J connectivity index is 2.40. The van der Waals surface area contributed by atoms with E-state index in [1.165, 1.54) is 0 Å². The van der Waals surface area contributed by atoms with Crippen LogP contribution in [0.5, 0.6) is 0 Å². The van der Waals surface area contributed by atoms with Crippen molar-refractivity contribution in [2.45, 2.75) is 46.3 Å². The third-order valence-corrected chi connectivity index (χ3v) is 3.54. The Labute approximate surface area is 145 Å². The molecule has 24 heavy (non-hydrogen) atoms. The van der Waals surface area contributed by atoms with Crippen LogP contribution in [0.2, 0.25) is 5.02 Å². The van der Waals surface area contributed by atoms with E-state index >= 15 is 0 Å². The maximum absolute atomic E-state index is 12.2. The van der Waals surface area contributed by atoms with Gasteiger partial charge in [0.1, 0.15) is 17.0 Å². The van der Waals surface area contributed by atoms with E-state index in [2.05, 4.69) is 10.3 Å². The molecule has 1 N–H and O–H groups in total. The summed E-state index contributed by atoms with van der Waals surface area (Å²) in [5.41, 5.74) is -0.792. The summed E-state index contributed by atoms with van der Waals surface area (Å²) < 4.78 is 10.6. The molecule has 0 aliphatic rings. The summed E-state index contributed by atoms with van der Waals surface area (Å²) in [6.45, 7) is 9.08. The van der Waals surface area contributed by atoms with Crippen LogP contribution in [0.3, 0.4) is 0 Å². The number of hydrogen-bond acceptors (Lipinski definition) is 5. The van der Waals surface area contributed by atoms with Gasteiger partial charge in [-0.25, -0.2) is 14.6 Å². The molecule has 0 aliphatic carbocycles. The molecule has 1 atom stereocenters. The largest absolute Gasteiger partial charge is 0.444 e. The Hall–Kier alpha value is -2.08. The van der Waals surface area contributed by atoms with Crippen molar-refractivity contribution in [3.05, 3.63) is 39.5 Å². The number of halogens is 1. The van der Waals surface area contributed by atoms with E-state index in [0.717, 1.165) is 0 Å². The molecule has 0 aliphatic heterocycles. The summed E-state index contributed by atoms with van der Waals surface area (Å²) >= 11 is 6.02. The van der Waals surface area contributed by atoms with Gasteiger partial charge in [-0.05, 0) is 38.8 Å². The van der Waals surface area contributed by atoms with E-state index in [-0.39, 0.29) is 22.2 Å². The third kappa shape index (κ3) is 4.26. The molecule has 1 aromatic carbocycles. The molecular formula is C17H21ClN2O4. The molecule has 1 heterocycles. The number of hydrogen-bond donors (Lipinski definition) is 1.